The highest BCUT2D eigenvalue weighted by molar-refractivity contribution is 6.21. The summed E-state index contributed by atoms with van der Waals surface area (Å²) in [4.78, 5) is 36.3. The molecule has 24 heavy (non-hydrogen) atoms. The number of aromatic nitrogens is 2. The predicted octanol–water partition coefficient (Wildman–Crippen LogP) is 2.27. The molecule has 0 bridgehead atoms. The molecular weight excluding hydrogens is 312 g/mol. The molecule has 8 heteroatoms. The number of aromatic amines is 1. The largest absolute Gasteiger partial charge is 0.277 e. The lowest BCUT2D eigenvalue weighted by Crippen LogP contribution is -2.29. The molecule has 1 N–H and O–H groups in total. The summed E-state index contributed by atoms with van der Waals surface area (Å²) in [6, 6.07) is 10.9. The van der Waals surface area contributed by atoms with Gasteiger partial charge in [0.1, 0.15) is 0 Å². The summed E-state index contributed by atoms with van der Waals surface area (Å²) >= 11 is 0. The fourth-order valence-corrected chi connectivity index (χ4v) is 2.82. The van der Waals surface area contributed by atoms with Crippen molar-refractivity contribution in [3.8, 4) is 0 Å². The van der Waals surface area contributed by atoms with E-state index in [-0.39, 0.29) is 12.2 Å². The molecule has 2 amide bonds. The van der Waals surface area contributed by atoms with Gasteiger partial charge in [-0.15, -0.1) is 0 Å². The lowest BCUT2D eigenvalue weighted by Gasteiger charge is -2.12. The van der Waals surface area contributed by atoms with Crippen LogP contribution in [0.25, 0.3) is 10.9 Å². The number of nitro groups is 1. The van der Waals surface area contributed by atoms with Crippen LogP contribution in [0.5, 0.6) is 0 Å². The monoisotopic (exact) mass is 322 g/mol. The molecule has 0 aliphatic carbocycles. The number of nitro benzene ring substituents is 1. The number of rotatable bonds is 3. The van der Waals surface area contributed by atoms with Crippen LogP contribution in [0, 0.1) is 10.1 Å². The third kappa shape index (κ3) is 1.97. The lowest BCUT2D eigenvalue weighted by atomic mass is 10.1. The van der Waals surface area contributed by atoms with Crippen LogP contribution in [0.4, 0.5) is 5.69 Å². The molecule has 1 aromatic heterocycles. The van der Waals surface area contributed by atoms with E-state index in [1.807, 2.05) is 0 Å². The molecule has 2 aromatic carbocycles. The fraction of sp³-hybridized carbons (Fsp3) is 0.0625. The number of hydrogen-bond donors (Lipinski definition) is 1. The minimum atomic E-state index is -0.502. The van der Waals surface area contributed by atoms with Gasteiger partial charge in [0.25, 0.3) is 17.5 Å². The van der Waals surface area contributed by atoms with Crippen molar-refractivity contribution in [2.24, 2.45) is 0 Å². The Hall–Kier alpha value is -3.55. The number of benzene rings is 2. The van der Waals surface area contributed by atoms with Crippen LogP contribution in [-0.4, -0.2) is 31.8 Å². The van der Waals surface area contributed by atoms with Gasteiger partial charge in [-0.05, 0) is 18.2 Å². The zero-order valence-electron chi connectivity index (χ0n) is 12.2. The number of non-ortho nitro benzene ring substituents is 1. The average Bonchev–Trinajstić information content (AvgIpc) is 3.10. The molecule has 0 atom stereocenters. The van der Waals surface area contributed by atoms with Gasteiger partial charge in [-0.3, -0.25) is 29.7 Å². The number of carbonyl (C=O) groups excluding carboxylic acids is 2. The average molecular weight is 322 g/mol. The van der Waals surface area contributed by atoms with Crippen molar-refractivity contribution in [2.75, 3.05) is 0 Å². The molecule has 0 radical (unpaired) electrons. The van der Waals surface area contributed by atoms with Gasteiger partial charge >= 0.3 is 0 Å². The highest BCUT2D eigenvalue weighted by Crippen LogP contribution is 2.27. The maximum absolute atomic E-state index is 12.4. The first-order chi connectivity index (χ1) is 11.6. The summed E-state index contributed by atoms with van der Waals surface area (Å²) < 4.78 is 0. The number of imide groups is 1. The van der Waals surface area contributed by atoms with Gasteiger partial charge in [0, 0.05) is 17.5 Å². The molecule has 8 nitrogen and oxygen atoms in total. The van der Waals surface area contributed by atoms with Crippen LogP contribution in [0.1, 0.15) is 26.4 Å². The zero-order valence-corrected chi connectivity index (χ0v) is 12.2. The SMILES string of the molecule is O=C1c2ccccc2C(=O)N1Cc1n[nH]c2ccc([N+](=O)[O-])cc12. The first kappa shape index (κ1) is 14.1. The van der Waals surface area contributed by atoms with Gasteiger partial charge in [0.05, 0.1) is 33.8 Å². The lowest BCUT2D eigenvalue weighted by molar-refractivity contribution is -0.384. The summed E-state index contributed by atoms with van der Waals surface area (Å²) in [5.74, 6) is -0.783. The Balaban J connectivity index is 1.73. The van der Waals surface area contributed by atoms with Crippen LogP contribution in [0.15, 0.2) is 42.5 Å². The number of fused-ring (bicyclic) bond motifs is 2. The topological polar surface area (TPSA) is 109 Å². The maximum Gasteiger partial charge on any atom is 0.270 e. The molecule has 118 valence electrons. The first-order valence-corrected chi connectivity index (χ1v) is 7.13. The van der Waals surface area contributed by atoms with Crippen molar-refractivity contribution in [1.82, 2.24) is 15.1 Å². The van der Waals surface area contributed by atoms with Crippen LogP contribution in [-0.2, 0) is 6.54 Å². The van der Waals surface area contributed by atoms with E-state index in [0.717, 1.165) is 4.90 Å². The second-order valence-electron chi connectivity index (χ2n) is 5.40. The van der Waals surface area contributed by atoms with Crippen molar-refractivity contribution in [3.05, 3.63) is 69.4 Å². The standard InChI is InChI=1S/C16H10N4O4/c21-15-10-3-1-2-4-11(10)16(22)19(15)8-14-12-7-9(20(23)24)5-6-13(12)17-18-14/h1-7H,8H2,(H,17,18). The second kappa shape index (κ2) is 4.98. The van der Waals surface area contributed by atoms with E-state index in [1.54, 1.807) is 30.3 Å². The molecule has 0 spiro atoms. The van der Waals surface area contributed by atoms with Crippen molar-refractivity contribution < 1.29 is 14.5 Å². The van der Waals surface area contributed by atoms with E-state index in [2.05, 4.69) is 10.2 Å². The quantitative estimate of drug-likeness (QED) is 0.452. The number of nitrogens with one attached hydrogen (secondary N) is 1. The third-order valence-corrected chi connectivity index (χ3v) is 4.02. The van der Waals surface area contributed by atoms with Crippen LogP contribution in [0.2, 0.25) is 0 Å². The number of H-pyrrole nitrogens is 1. The van der Waals surface area contributed by atoms with E-state index in [1.165, 1.54) is 12.1 Å². The maximum atomic E-state index is 12.4. The van der Waals surface area contributed by atoms with Crippen molar-refractivity contribution in [1.29, 1.82) is 0 Å². The Bertz CT molecular complexity index is 989. The highest BCUT2D eigenvalue weighted by atomic mass is 16.6. The number of hydrogen-bond acceptors (Lipinski definition) is 5. The van der Waals surface area contributed by atoms with Gasteiger partial charge in [-0.1, -0.05) is 12.1 Å². The summed E-state index contributed by atoms with van der Waals surface area (Å²) in [7, 11) is 0. The predicted molar refractivity (Wildman–Crippen MR) is 83.4 cm³/mol. The summed E-state index contributed by atoms with van der Waals surface area (Å²) in [6.07, 6.45) is 0. The Kier molecular flexibility index (Phi) is 2.92. The number of nitrogens with zero attached hydrogens (tertiary/aromatic N) is 3. The van der Waals surface area contributed by atoms with E-state index < -0.39 is 16.7 Å². The summed E-state index contributed by atoms with van der Waals surface area (Å²) in [5, 5.41) is 18.3. The molecular formula is C16H10N4O4. The van der Waals surface area contributed by atoms with E-state index in [4.69, 9.17) is 0 Å². The third-order valence-electron chi connectivity index (χ3n) is 4.02. The van der Waals surface area contributed by atoms with Crippen molar-refractivity contribution in [2.45, 2.75) is 6.54 Å². The molecule has 0 fully saturated rings. The minimum Gasteiger partial charge on any atom is -0.277 e. The smallest absolute Gasteiger partial charge is 0.270 e. The second-order valence-corrected chi connectivity index (χ2v) is 5.40. The fourth-order valence-electron chi connectivity index (χ4n) is 2.82. The van der Waals surface area contributed by atoms with Gasteiger partial charge in [-0.25, -0.2) is 0 Å². The molecule has 4 rings (SSSR count). The Labute approximate surface area is 134 Å². The summed E-state index contributed by atoms with van der Waals surface area (Å²) in [5.41, 5.74) is 1.64. The van der Waals surface area contributed by atoms with Gasteiger partial charge in [-0.2, -0.15) is 5.10 Å². The van der Waals surface area contributed by atoms with Crippen molar-refractivity contribution >= 4 is 28.4 Å². The number of amides is 2. The highest BCUT2D eigenvalue weighted by Gasteiger charge is 2.35. The normalized spacial score (nSPS) is 13.6. The van der Waals surface area contributed by atoms with Gasteiger partial charge < -0.3 is 0 Å². The van der Waals surface area contributed by atoms with Crippen LogP contribution < -0.4 is 0 Å². The van der Waals surface area contributed by atoms with E-state index >= 15 is 0 Å². The minimum absolute atomic E-state index is 0.0481. The molecule has 1 aliphatic rings. The Morgan fingerprint density at radius 1 is 1.08 bits per heavy atom. The Morgan fingerprint density at radius 2 is 1.75 bits per heavy atom. The van der Waals surface area contributed by atoms with Crippen LogP contribution in [0.3, 0.4) is 0 Å². The molecule has 3 aromatic rings. The molecule has 0 unspecified atom stereocenters. The molecule has 2 heterocycles. The van der Waals surface area contributed by atoms with Gasteiger partial charge in [0.15, 0.2) is 0 Å². The van der Waals surface area contributed by atoms with Crippen LogP contribution >= 0.6 is 0 Å². The number of carbonyl (C=O) groups is 2. The van der Waals surface area contributed by atoms with E-state index in [0.29, 0.717) is 27.7 Å². The molecule has 0 saturated heterocycles. The summed E-state index contributed by atoms with van der Waals surface area (Å²) in [6.45, 7) is -0.0481. The molecule has 1 aliphatic heterocycles. The zero-order chi connectivity index (χ0) is 16.8. The first-order valence-electron chi connectivity index (χ1n) is 7.13. The van der Waals surface area contributed by atoms with Crippen molar-refractivity contribution in [3.63, 3.8) is 0 Å². The molecule has 0 saturated carbocycles. The van der Waals surface area contributed by atoms with Gasteiger partial charge in [0.2, 0.25) is 0 Å². The Morgan fingerprint density at radius 3 is 2.38 bits per heavy atom. The van der Waals surface area contributed by atoms with E-state index in [9.17, 15) is 19.7 Å².